The van der Waals surface area contributed by atoms with Gasteiger partial charge in [-0.05, 0) is 32.6 Å². The van der Waals surface area contributed by atoms with E-state index < -0.39 is 0 Å². The Hall–Kier alpha value is -0.530. The zero-order valence-corrected chi connectivity index (χ0v) is 8.48. The number of piperidine rings is 1. The Kier molecular flexibility index (Phi) is 2.45. The molecule has 0 unspecified atom stereocenters. The molecular weight excluding hydrogens is 150 g/mol. The highest BCUT2D eigenvalue weighted by atomic mass is 16.2. The maximum absolute atomic E-state index is 11.5. The molecule has 1 heterocycles. The Morgan fingerprint density at radius 2 is 2.08 bits per heavy atom. The van der Waals surface area contributed by atoms with Crippen molar-refractivity contribution in [3.8, 4) is 0 Å². The summed E-state index contributed by atoms with van der Waals surface area (Å²) in [6, 6.07) is 0. The smallest absolute Gasteiger partial charge is 0.223 e. The third-order valence-electron chi connectivity index (χ3n) is 2.68. The lowest BCUT2D eigenvalue weighted by Crippen LogP contribution is -2.51. The van der Waals surface area contributed by atoms with Crippen molar-refractivity contribution in [3.05, 3.63) is 0 Å². The predicted molar refractivity (Wildman–Crippen MR) is 49.8 cm³/mol. The molecule has 1 aliphatic heterocycles. The van der Waals surface area contributed by atoms with Crippen LogP contribution in [0.4, 0.5) is 0 Å². The van der Waals surface area contributed by atoms with Crippen molar-refractivity contribution in [1.82, 2.24) is 5.32 Å². The van der Waals surface area contributed by atoms with Crippen LogP contribution in [0.3, 0.4) is 0 Å². The number of nitrogens with one attached hydrogen (secondary N) is 1. The minimum atomic E-state index is 0.0163. The highest BCUT2D eigenvalue weighted by Gasteiger charge is 2.33. The third kappa shape index (κ3) is 1.99. The number of rotatable bonds is 1. The van der Waals surface area contributed by atoms with Crippen LogP contribution >= 0.6 is 0 Å². The fraction of sp³-hybridized carbons (Fsp3) is 0.900. The normalized spacial score (nSPS) is 28.8. The fourth-order valence-corrected chi connectivity index (χ4v) is 1.77. The molecule has 0 saturated carbocycles. The molecule has 2 heteroatoms. The number of amides is 1. The van der Waals surface area contributed by atoms with Crippen LogP contribution in [0.25, 0.3) is 0 Å². The summed E-state index contributed by atoms with van der Waals surface area (Å²) in [5.74, 6) is 0.945. The lowest BCUT2D eigenvalue weighted by atomic mass is 9.81. The lowest BCUT2D eigenvalue weighted by Gasteiger charge is -2.36. The summed E-state index contributed by atoms with van der Waals surface area (Å²) in [7, 11) is 0. The van der Waals surface area contributed by atoms with Crippen LogP contribution in [0.1, 0.15) is 40.5 Å². The molecule has 0 aliphatic carbocycles. The summed E-state index contributed by atoms with van der Waals surface area (Å²) >= 11 is 0. The first-order chi connectivity index (χ1) is 5.42. The molecule has 1 rings (SSSR count). The van der Waals surface area contributed by atoms with Crippen LogP contribution in [0.2, 0.25) is 0 Å². The van der Waals surface area contributed by atoms with Crippen LogP contribution in [0.5, 0.6) is 0 Å². The number of hydrogen-bond acceptors (Lipinski definition) is 1. The third-order valence-corrected chi connectivity index (χ3v) is 2.68. The van der Waals surface area contributed by atoms with Crippen LogP contribution in [-0.2, 0) is 4.79 Å². The molecule has 12 heavy (non-hydrogen) atoms. The maximum Gasteiger partial charge on any atom is 0.223 e. The van der Waals surface area contributed by atoms with E-state index >= 15 is 0 Å². The van der Waals surface area contributed by atoms with E-state index in [9.17, 15) is 4.79 Å². The Morgan fingerprint density at radius 3 is 2.50 bits per heavy atom. The minimum absolute atomic E-state index is 0.0163. The first-order valence-electron chi connectivity index (χ1n) is 4.74. The molecule has 0 radical (unpaired) electrons. The summed E-state index contributed by atoms with van der Waals surface area (Å²) in [5.41, 5.74) is 0.0163. The Balaban J connectivity index is 2.60. The highest BCUT2D eigenvalue weighted by molar-refractivity contribution is 5.80. The van der Waals surface area contributed by atoms with Crippen molar-refractivity contribution in [2.24, 2.45) is 11.8 Å². The average Bonchev–Trinajstić information content (AvgIpc) is 1.83. The number of carbonyl (C=O) groups excluding carboxylic acids is 1. The quantitative estimate of drug-likeness (QED) is 0.638. The van der Waals surface area contributed by atoms with E-state index in [1.807, 2.05) is 0 Å². The second-order valence-corrected chi connectivity index (χ2v) is 4.76. The Labute approximate surface area is 74.7 Å². The second kappa shape index (κ2) is 3.08. The topological polar surface area (TPSA) is 29.1 Å². The predicted octanol–water partition coefficient (Wildman–Crippen LogP) is 1.95. The summed E-state index contributed by atoms with van der Waals surface area (Å²) in [6.45, 7) is 8.40. The molecule has 1 aliphatic rings. The lowest BCUT2D eigenvalue weighted by molar-refractivity contribution is -0.130. The standard InChI is InChI=1S/C10H19NO/c1-7(2)8-5-6-10(3,4)11-9(8)12/h7-8H,5-6H2,1-4H3,(H,11,12)/t8-/m0/s1. The molecule has 1 saturated heterocycles. The average molecular weight is 169 g/mol. The number of hydrogen-bond donors (Lipinski definition) is 1. The SMILES string of the molecule is CC(C)[C@@H]1CCC(C)(C)NC1=O. The molecule has 1 fully saturated rings. The first-order valence-corrected chi connectivity index (χ1v) is 4.74. The van der Waals surface area contributed by atoms with Crippen molar-refractivity contribution < 1.29 is 4.79 Å². The second-order valence-electron chi connectivity index (χ2n) is 4.76. The molecule has 2 nitrogen and oxygen atoms in total. The molecule has 1 atom stereocenters. The van der Waals surface area contributed by atoms with Gasteiger partial charge in [-0.15, -0.1) is 0 Å². The summed E-state index contributed by atoms with van der Waals surface area (Å²) in [4.78, 5) is 11.5. The Bertz CT molecular complexity index is 184. The van der Waals surface area contributed by atoms with E-state index in [1.165, 1.54) is 0 Å². The van der Waals surface area contributed by atoms with Gasteiger partial charge in [0, 0.05) is 11.5 Å². The van der Waals surface area contributed by atoms with Gasteiger partial charge in [0.1, 0.15) is 0 Å². The monoisotopic (exact) mass is 169 g/mol. The van der Waals surface area contributed by atoms with Crippen molar-refractivity contribution in [1.29, 1.82) is 0 Å². The highest BCUT2D eigenvalue weighted by Crippen LogP contribution is 2.27. The van der Waals surface area contributed by atoms with Gasteiger partial charge in [0.25, 0.3) is 0 Å². The van der Waals surface area contributed by atoms with Gasteiger partial charge in [-0.25, -0.2) is 0 Å². The minimum Gasteiger partial charge on any atom is -0.351 e. The molecule has 0 spiro atoms. The van der Waals surface area contributed by atoms with Gasteiger partial charge in [0.2, 0.25) is 5.91 Å². The van der Waals surface area contributed by atoms with Crippen LogP contribution in [0, 0.1) is 11.8 Å². The van der Waals surface area contributed by atoms with Gasteiger partial charge >= 0.3 is 0 Å². The fourth-order valence-electron chi connectivity index (χ4n) is 1.77. The zero-order valence-electron chi connectivity index (χ0n) is 8.48. The summed E-state index contributed by atoms with van der Waals surface area (Å²) in [6.07, 6.45) is 2.14. The van der Waals surface area contributed by atoms with Crippen molar-refractivity contribution >= 4 is 5.91 Å². The van der Waals surface area contributed by atoms with Gasteiger partial charge in [-0.3, -0.25) is 4.79 Å². The maximum atomic E-state index is 11.5. The van der Waals surface area contributed by atoms with Crippen molar-refractivity contribution in [3.63, 3.8) is 0 Å². The Morgan fingerprint density at radius 1 is 1.50 bits per heavy atom. The molecule has 1 N–H and O–H groups in total. The molecule has 0 aromatic heterocycles. The van der Waals surface area contributed by atoms with Crippen LogP contribution < -0.4 is 5.32 Å². The molecule has 70 valence electrons. The molecule has 0 aromatic carbocycles. The molecule has 0 aromatic rings. The summed E-state index contributed by atoms with van der Waals surface area (Å²) in [5, 5.41) is 3.05. The van der Waals surface area contributed by atoms with Gasteiger partial charge in [0.05, 0.1) is 0 Å². The molecule has 0 bridgehead atoms. The van der Waals surface area contributed by atoms with Crippen molar-refractivity contribution in [2.75, 3.05) is 0 Å². The van der Waals surface area contributed by atoms with Gasteiger partial charge in [-0.2, -0.15) is 0 Å². The largest absolute Gasteiger partial charge is 0.351 e. The van der Waals surface area contributed by atoms with Crippen molar-refractivity contribution in [2.45, 2.75) is 46.1 Å². The summed E-state index contributed by atoms with van der Waals surface area (Å²) < 4.78 is 0. The van der Waals surface area contributed by atoms with E-state index in [4.69, 9.17) is 0 Å². The van der Waals surface area contributed by atoms with E-state index in [2.05, 4.69) is 33.0 Å². The van der Waals surface area contributed by atoms with E-state index in [0.717, 1.165) is 12.8 Å². The number of carbonyl (C=O) groups is 1. The van der Waals surface area contributed by atoms with E-state index in [1.54, 1.807) is 0 Å². The zero-order chi connectivity index (χ0) is 9.35. The molecular formula is C10H19NO. The van der Waals surface area contributed by atoms with E-state index in [0.29, 0.717) is 5.92 Å². The van der Waals surface area contributed by atoms with Crippen LogP contribution in [-0.4, -0.2) is 11.4 Å². The van der Waals surface area contributed by atoms with E-state index in [-0.39, 0.29) is 17.4 Å². The van der Waals surface area contributed by atoms with Gasteiger partial charge < -0.3 is 5.32 Å². The first kappa shape index (κ1) is 9.56. The van der Waals surface area contributed by atoms with Crippen LogP contribution in [0.15, 0.2) is 0 Å². The van der Waals surface area contributed by atoms with Gasteiger partial charge in [-0.1, -0.05) is 13.8 Å². The van der Waals surface area contributed by atoms with Gasteiger partial charge in [0.15, 0.2) is 0 Å². The molecule has 1 amide bonds.